The van der Waals surface area contributed by atoms with Crippen LogP contribution < -0.4 is 14.8 Å². The molecule has 0 amide bonds. The second-order valence-corrected chi connectivity index (χ2v) is 5.68. The molecule has 0 fully saturated rings. The van der Waals surface area contributed by atoms with Gasteiger partial charge in [0, 0.05) is 13.0 Å². The van der Waals surface area contributed by atoms with Crippen LogP contribution in [0.1, 0.15) is 17.5 Å². The van der Waals surface area contributed by atoms with E-state index in [2.05, 4.69) is 29.6 Å². The molecule has 2 aromatic carbocycles. The minimum atomic E-state index is 0.113. The van der Waals surface area contributed by atoms with Gasteiger partial charge in [-0.1, -0.05) is 30.3 Å². The first-order valence-corrected chi connectivity index (χ1v) is 7.63. The lowest BCUT2D eigenvalue weighted by atomic mass is 10.0. The van der Waals surface area contributed by atoms with Gasteiger partial charge in [-0.25, -0.2) is 0 Å². The molecular weight excluding hydrogens is 262 g/mol. The van der Waals surface area contributed by atoms with E-state index in [9.17, 15) is 0 Å². The first kappa shape index (κ1) is 12.6. The zero-order valence-electron chi connectivity index (χ0n) is 12.0. The number of aryl methyl sites for hydroxylation is 1. The normalized spacial score (nSPS) is 19.1. The Kier molecular flexibility index (Phi) is 3.18. The largest absolute Gasteiger partial charge is 0.488 e. The van der Waals surface area contributed by atoms with E-state index in [1.807, 2.05) is 18.2 Å². The summed E-state index contributed by atoms with van der Waals surface area (Å²) in [6.07, 6.45) is 3.36. The van der Waals surface area contributed by atoms with Crippen LogP contribution >= 0.6 is 0 Å². The van der Waals surface area contributed by atoms with Crippen molar-refractivity contribution in [1.29, 1.82) is 0 Å². The predicted molar refractivity (Wildman–Crippen MR) is 83.3 cm³/mol. The van der Waals surface area contributed by atoms with Crippen molar-refractivity contribution in [2.75, 3.05) is 18.5 Å². The summed E-state index contributed by atoms with van der Waals surface area (Å²) in [6, 6.07) is 14.5. The zero-order chi connectivity index (χ0) is 14.1. The van der Waals surface area contributed by atoms with Crippen LogP contribution in [0.5, 0.6) is 11.5 Å². The smallest absolute Gasteiger partial charge is 0.142 e. The lowest BCUT2D eigenvalue weighted by molar-refractivity contribution is 0.149. The van der Waals surface area contributed by atoms with E-state index in [0.717, 1.165) is 30.9 Å². The summed E-state index contributed by atoms with van der Waals surface area (Å²) >= 11 is 0. The van der Waals surface area contributed by atoms with E-state index in [1.54, 1.807) is 0 Å². The van der Waals surface area contributed by atoms with Gasteiger partial charge in [0.1, 0.15) is 24.2 Å². The van der Waals surface area contributed by atoms with Crippen LogP contribution in [0.15, 0.2) is 42.5 Å². The summed E-state index contributed by atoms with van der Waals surface area (Å²) in [5.41, 5.74) is 3.80. The quantitative estimate of drug-likeness (QED) is 0.935. The molecule has 108 valence electrons. The van der Waals surface area contributed by atoms with Crippen LogP contribution in [-0.2, 0) is 12.8 Å². The lowest BCUT2D eigenvalue weighted by Gasteiger charge is -2.22. The minimum Gasteiger partial charge on any atom is -0.488 e. The molecule has 3 nitrogen and oxygen atoms in total. The Morgan fingerprint density at radius 3 is 2.95 bits per heavy atom. The first-order chi connectivity index (χ1) is 10.4. The van der Waals surface area contributed by atoms with Gasteiger partial charge in [0.25, 0.3) is 0 Å². The van der Waals surface area contributed by atoms with Crippen molar-refractivity contribution in [1.82, 2.24) is 0 Å². The van der Waals surface area contributed by atoms with Crippen LogP contribution in [-0.4, -0.2) is 19.3 Å². The predicted octanol–water partition coefficient (Wildman–Crippen LogP) is 3.43. The minimum absolute atomic E-state index is 0.113. The molecule has 21 heavy (non-hydrogen) atoms. The zero-order valence-corrected chi connectivity index (χ0v) is 12.0. The highest BCUT2D eigenvalue weighted by Crippen LogP contribution is 2.33. The van der Waals surface area contributed by atoms with Gasteiger partial charge >= 0.3 is 0 Å². The molecule has 0 spiro atoms. The SMILES string of the molecule is c1ccc2c(c1)CC(COc1cccc3c1NCCC3)O2. The van der Waals surface area contributed by atoms with Gasteiger partial charge in [-0.15, -0.1) is 0 Å². The molecule has 3 heteroatoms. The molecule has 0 saturated heterocycles. The van der Waals surface area contributed by atoms with E-state index >= 15 is 0 Å². The Hall–Kier alpha value is -2.16. The molecule has 2 heterocycles. The Labute approximate surface area is 124 Å². The van der Waals surface area contributed by atoms with Crippen molar-refractivity contribution in [3.63, 3.8) is 0 Å². The number of fused-ring (bicyclic) bond motifs is 2. The van der Waals surface area contributed by atoms with Crippen molar-refractivity contribution in [2.45, 2.75) is 25.4 Å². The molecule has 1 N–H and O–H groups in total. The van der Waals surface area contributed by atoms with Crippen molar-refractivity contribution >= 4 is 5.69 Å². The molecule has 0 aromatic heterocycles. The Bertz CT molecular complexity index is 628. The molecule has 2 aliphatic heterocycles. The molecule has 1 atom stereocenters. The van der Waals surface area contributed by atoms with Gasteiger partial charge in [0.15, 0.2) is 0 Å². The average molecular weight is 281 g/mol. The first-order valence-electron chi connectivity index (χ1n) is 7.63. The van der Waals surface area contributed by atoms with Crippen LogP contribution in [0, 0.1) is 0 Å². The summed E-state index contributed by atoms with van der Waals surface area (Å²) < 4.78 is 12.0. The number of hydrogen-bond acceptors (Lipinski definition) is 3. The second kappa shape index (κ2) is 5.32. The van der Waals surface area contributed by atoms with Gasteiger partial charge in [-0.2, -0.15) is 0 Å². The van der Waals surface area contributed by atoms with Gasteiger partial charge < -0.3 is 14.8 Å². The fraction of sp³-hybridized carbons (Fsp3) is 0.333. The Balaban J connectivity index is 1.44. The van der Waals surface area contributed by atoms with Crippen LogP contribution in [0.3, 0.4) is 0 Å². The highest BCUT2D eigenvalue weighted by atomic mass is 16.5. The number of ether oxygens (including phenoxy) is 2. The monoisotopic (exact) mass is 281 g/mol. The number of hydrogen-bond donors (Lipinski definition) is 1. The fourth-order valence-electron chi connectivity index (χ4n) is 3.13. The summed E-state index contributed by atoms with van der Waals surface area (Å²) in [5, 5.41) is 3.46. The number of benzene rings is 2. The Morgan fingerprint density at radius 1 is 1.10 bits per heavy atom. The maximum atomic E-state index is 6.03. The standard InChI is InChI=1S/C18H19NO2/c1-2-8-16-14(5-1)11-15(21-16)12-20-17-9-3-6-13-7-4-10-19-18(13)17/h1-3,5-6,8-9,15,19H,4,7,10-12H2. The van der Waals surface area contributed by atoms with Gasteiger partial charge in [0.2, 0.25) is 0 Å². The topological polar surface area (TPSA) is 30.5 Å². The van der Waals surface area contributed by atoms with E-state index in [1.165, 1.54) is 23.2 Å². The number of rotatable bonds is 3. The number of nitrogens with one attached hydrogen (secondary N) is 1. The molecule has 0 radical (unpaired) electrons. The summed E-state index contributed by atoms with van der Waals surface area (Å²) in [7, 11) is 0. The maximum absolute atomic E-state index is 6.03. The van der Waals surface area contributed by atoms with Crippen LogP contribution in [0.25, 0.3) is 0 Å². The second-order valence-electron chi connectivity index (χ2n) is 5.68. The number of para-hydroxylation sites is 2. The van der Waals surface area contributed by atoms with Crippen LogP contribution in [0.4, 0.5) is 5.69 Å². The van der Waals surface area contributed by atoms with E-state index in [-0.39, 0.29) is 6.10 Å². The molecule has 2 aliphatic rings. The van der Waals surface area contributed by atoms with E-state index in [0.29, 0.717) is 6.61 Å². The summed E-state index contributed by atoms with van der Waals surface area (Å²) in [6.45, 7) is 1.62. The van der Waals surface area contributed by atoms with E-state index in [4.69, 9.17) is 9.47 Å². The molecule has 2 aromatic rings. The number of anilines is 1. The maximum Gasteiger partial charge on any atom is 0.142 e. The summed E-state index contributed by atoms with van der Waals surface area (Å²) in [4.78, 5) is 0. The summed E-state index contributed by atoms with van der Waals surface area (Å²) in [5.74, 6) is 1.95. The molecule has 0 saturated carbocycles. The van der Waals surface area contributed by atoms with Crippen molar-refractivity contribution < 1.29 is 9.47 Å². The average Bonchev–Trinajstić information content (AvgIpc) is 2.96. The van der Waals surface area contributed by atoms with Gasteiger partial charge in [-0.3, -0.25) is 0 Å². The molecule has 0 aliphatic carbocycles. The molecule has 1 unspecified atom stereocenters. The van der Waals surface area contributed by atoms with Gasteiger partial charge in [-0.05, 0) is 36.1 Å². The third-order valence-electron chi connectivity index (χ3n) is 4.18. The van der Waals surface area contributed by atoms with Crippen molar-refractivity contribution in [3.05, 3.63) is 53.6 Å². The lowest BCUT2D eigenvalue weighted by Crippen LogP contribution is -2.23. The Morgan fingerprint density at radius 2 is 2.00 bits per heavy atom. The third kappa shape index (κ3) is 2.44. The molecule has 4 rings (SSSR count). The van der Waals surface area contributed by atoms with Gasteiger partial charge in [0.05, 0.1) is 5.69 Å². The van der Waals surface area contributed by atoms with Crippen molar-refractivity contribution in [2.24, 2.45) is 0 Å². The molecule has 0 bridgehead atoms. The van der Waals surface area contributed by atoms with E-state index < -0.39 is 0 Å². The fourth-order valence-corrected chi connectivity index (χ4v) is 3.13. The third-order valence-corrected chi connectivity index (χ3v) is 4.18. The highest BCUT2D eigenvalue weighted by Gasteiger charge is 2.23. The highest BCUT2D eigenvalue weighted by molar-refractivity contribution is 5.63. The van der Waals surface area contributed by atoms with Crippen LogP contribution in [0.2, 0.25) is 0 Å². The molecular formula is C18H19NO2. The van der Waals surface area contributed by atoms with Crippen molar-refractivity contribution in [3.8, 4) is 11.5 Å².